The first kappa shape index (κ1) is 12.5. The molecule has 1 rings (SSSR count). The lowest BCUT2D eigenvalue weighted by atomic mass is 10.4. The molecular weight excluding hydrogens is 281 g/mol. The first-order valence-corrected chi connectivity index (χ1v) is 5.93. The molecule has 0 fully saturated rings. The van der Waals surface area contributed by atoms with Gasteiger partial charge in [-0.05, 0) is 22.9 Å². The van der Waals surface area contributed by atoms with Crippen LogP contribution in [0.4, 0.5) is 0 Å². The van der Waals surface area contributed by atoms with Gasteiger partial charge in [-0.2, -0.15) is 5.10 Å². The average molecular weight is 295 g/mol. The van der Waals surface area contributed by atoms with Gasteiger partial charge in [0.25, 0.3) is 0 Å². The molecule has 0 atom stereocenters. The molecule has 4 nitrogen and oxygen atoms in total. The number of aromatic nitrogens is 2. The lowest BCUT2D eigenvalue weighted by Gasteiger charge is -2.16. The highest BCUT2D eigenvalue weighted by Gasteiger charge is 2.13. The van der Waals surface area contributed by atoms with Gasteiger partial charge in [0.05, 0.1) is 22.9 Å². The Morgan fingerprint density at radius 1 is 1.73 bits per heavy atom. The van der Waals surface area contributed by atoms with Crippen molar-refractivity contribution in [2.24, 2.45) is 0 Å². The Bertz CT molecular complexity index is 353. The summed E-state index contributed by atoms with van der Waals surface area (Å²) in [5.41, 5.74) is 0.985. The first-order chi connectivity index (χ1) is 7.10. The van der Waals surface area contributed by atoms with Gasteiger partial charge < -0.3 is 4.90 Å². The number of hydrogen-bond donors (Lipinski definition) is 0. The van der Waals surface area contributed by atoms with Gasteiger partial charge in [-0.3, -0.25) is 9.48 Å². The number of aryl methyl sites for hydroxylation is 1. The zero-order valence-corrected chi connectivity index (χ0v) is 11.0. The Morgan fingerprint density at radius 3 is 2.93 bits per heavy atom. The van der Waals surface area contributed by atoms with Crippen molar-refractivity contribution in [2.75, 3.05) is 12.9 Å². The molecule has 0 radical (unpaired) electrons. The fourth-order valence-corrected chi connectivity index (χ4v) is 1.86. The highest BCUT2D eigenvalue weighted by atomic mass is 79.9. The minimum absolute atomic E-state index is 0.00831. The van der Waals surface area contributed by atoms with Gasteiger partial charge in [0, 0.05) is 13.6 Å². The monoisotopic (exact) mass is 293 g/mol. The van der Waals surface area contributed by atoms with E-state index in [0.717, 1.165) is 16.7 Å². The summed E-state index contributed by atoms with van der Waals surface area (Å²) in [4.78, 5) is 12.9. The maximum atomic E-state index is 11.3. The normalized spacial score (nSPS) is 10.4. The second-order valence-electron chi connectivity index (χ2n) is 3.14. The van der Waals surface area contributed by atoms with Crippen molar-refractivity contribution in [1.29, 1.82) is 0 Å². The number of rotatable bonds is 4. The number of halogens is 2. The summed E-state index contributed by atoms with van der Waals surface area (Å²) in [5, 5.41) is 4.17. The summed E-state index contributed by atoms with van der Waals surface area (Å²) in [6.07, 6.45) is 1.73. The number of carbonyl (C=O) groups is 1. The molecule has 1 aromatic rings. The van der Waals surface area contributed by atoms with Crippen LogP contribution in [0.15, 0.2) is 10.7 Å². The van der Waals surface area contributed by atoms with E-state index in [2.05, 4.69) is 21.0 Å². The van der Waals surface area contributed by atoms with Gasteiger partial charge >= 0.3 is 0 Å². The highest BCUT2D eigenvalue weighted by molar-refractivity contribution is 9.10. The third kappa shape index (κ3) is 2.95. The zero-order chi connectivity index (χ0) is 11.4. The standard InChI is InChI=1S/C9H13BrClN3O/c1-3-14-8(7(10)5-12-14)6-13(2)9(15)4-11/h5H,3-4,6H2,1-2H3. The van der Waals surface area contributed by atoms with Crippen LogP contribution in [0.2, 0.25) is 0 Å². The largest absolute Gasteiger partial charge is 0.339 e. The number of alkyl halides is 1. The summed E-state index contributed by atoms with van der Waals surface area (Å²) in [6.45, 7) is 3.30. The summed E-state index contributed by atoms with van der Waals surface area (Å²) >= 11 is 8.88. The zero-order valence-electron chi connectivity index (χ0n) is 8.70. The SMILES string of the molecule is CCn1ncc(Br)c1CN(C)C(=O)CCl. The highest BCUT2D eigenvalue weighted by Crippen LogP contribution is 2.17. The summed E-state index contributed by atoms with van der Waals surface area (Å²) in [5.74, 6) is -0.0820. The van der Waals surface area contributed by atoms with Crippen molar-refractivity contribution < 1.29 is 4.79 Å². The van der Waals surface area contributed by atoms with Gasteiger partial charge in [-0.15, -0.1) is 11.6 Å². The maximum Gasteiger partial charge on any atom is 0.237 e. The predicted octanol–water partition coefficient (Wildman–Crippen LogP) is 1.86. The van der Waals surface area contributed by atoms with Crippen LogP contribution in [0.25, 0.3) is 0 Å². The first-order valence-electron chi connectivity index (χ1n) is 4.60. The van der Waals surface area contributed by atoms with E-state index in [1.54, 1.807) is 18.1 Å². The van der Waals surface area contributed by atoms with Crippen molar-refractivity contribution >= 4 is 33.4 Å². The minimum atomic E-state index is -0.0904. The molecule has 0 aliphatic rings. The van der Waals surface area contributed by atoms with Gasteiger partial charge in [0.2, 0.25) is 5.91 Å². The molecule has 0 saturated heterocycles. The number of amides is 1. The molecule has 15 heavy (non-hydrogen) atoms. The molecule has 0 aliphatic carbocycles. The lowest BCUT2D eigenvalue weighted by molar-refractivity contribution is -0.127. The van der Waals surface area contributed by atoms with Crippen LogP contribution >= 0.6 is 27.5 Å². The number of hydrogen-bond acceptors (Lipinski definition) is 2. The van der Waals surface area contributed by atoms with E-state index in [4.69, 9.17) is 11.6 Å². The molecule has 0 aliphatic heterocycles. The molecule has 1 heterocycles. The lowest BCUT2D eigenvalue weighted by Crippen LogP contribution is -2.28. The summed E-state index contributed by atoms with van der Waals surface area (Å²) in [7, 11) is 1.73. The van der Waals surface area contributed by atoms with Crippen molar-refractivity contribution in [3.63, 3.8) is 0 Å². The van der Waals surface area contributed by atoms with Crippen LogP contribution in [0.3, 0.4) is 0 Å². The van der Waals surface area contributed by atoms with E-state index in [0.29, 0.717) is 6.54 Å². The Kier molecular flexibility index (Phi) is 4.60. The molecule has 84 valence electrons. The van der Waals surface area contributed by atoms with E-state index in [1.807, 2.05) is 11.6 Å². The van der Waals surface area contributed by atoms with Gasteiger partial charge in [-0.1, -0.05) is 0 Å². The van der Waals surface area contributed by atoms with Gasteiger partial charge in [-0.25, -0.2) is 0 Å². The van der Waals surface area contributed by atoms with Crippen LogP contribution in [0, 0.1) is 0 Å². The minimum Gasteiger partial charge on any atom is -0.339 e. The molecule has 0 N–H and O–H groups in total. The summed E-state index contributed by atoms with van der Waals surface area (Å²) in [6, 6.07) is 0. The van der Waals surface area contributed by atoms with Crippen molar-refractivity contribution in [1.82, 2.24) is 14.7 Å². The van der Waals surface area contributed by atoms with Gasteiger partial charge in [0.1, 0.15) is 5.88 Å². The number of carbonyl (C=O) groups excluding carboxylic acids is 1. The van der Waals surface area contributed by atoms with Crippen LogP contribution in [-0.4, -0.2) is 33.5 Å². The fourth-order valence-electron chi connectivity index (χ4n) is 1.23. The molecule has 0 unspecified atom stereocenters. The Labute approximate surface area is 102 Å². The van der Waals surface area contributed by atoms with E-state index < -0.39 is 0 Å². The molecule has 0 bridgehead atoms. The Morgan fingerprint density at radius 2 is 2.40 bits per heavy atom. The second-order valence-corrected chi connectivity index (χ2v) is 4.26. The maximum absolute atomic E-state index is 11.3. The average Bonchev–Trinajstić information content (AvgIpc) is 2.59. The molecule has 0 spiro atoms. The van der Waals surface area contributed by atoms with E-state index in [9.17, 15) is 4.79 Å². The summed E-state index contributed by atoms with van der Waals surface area (Å²) < 4.78 is 2.76. The quantitative estimate of drug-likeness (QED) is 0.795. The van der Waals surface area contributed by atoms with E-state index in [-0.39, 0.29) is 11.8 Å². The van der Waals surface area contributed by atoms with E-state index in [1.165, 1.54) is 0 Å². The van der Waals surface area contributed by atoms with Gasteiger partial charge in [0.15, 0.2) is 0 Å². The third-order valence-corrected chi connectivity index (χ3v) is 3.02. The Hall–Kier alpha value is -0.550. The molecule has 0 saturated carbocycles. The third-order valence-electron chi connectivity index (χ3n) is 2.12. The molecule has 1 amide bonds. The second kappa shape index (κ2) is 5.51. The topological polar surface area (TPSA) is 38.1 Å². The van der Waals surface area contributed by atoms with Crippen LogP contribution in [-0.2, 0) is 17.9 Å². The van der Waals surface area contributed by atoms with E-state index >= 15 is 0 Å². The van der Waals surface area contributed by atoms with Crippen LogP contribution < -0.4 is 0 Å². The smallest absolute Gasteiger partial charge is 0.237 e. The van der Waals surface area contributed by atoms with Crippen molar-refractivity contribution in [3.8, 4) is 0 Å². The van der Waals surface area contributed by atoms with Crippen LogP contribution in [0.1, 0.15) is 12.6 Å². The molecule has 0 aromatic carbocycles. The van der Waals surface area contributed by atoms with Crippen molar-refractivity contribution in [3.05, 3.63) is 16.4 Å². The molecular formula is C9H13BrClN3O. The Balaban J connectivity index is 2.79. The molecule has 1 aromatic heterocycles. The van der Waals surface area contributed by atoms with Crippen molar-refractivity contribution in [2.45, 2.75) is 20.0 Å². The number of nitrogens with zero attached hydrogens (tertiary/aromatic N) is 3. The predicted molar refractivity (Wildman–Crippen MR) is 62.8 cm³/mol. The fraction of sp³-hybridized carbons (Fsp3) is 0.556. The van der Waals surface area contributed by atoms with Crippen LogP contribution in [0.5, 0.6) is 0 Å². The molecule has 6 heteroatoms.